The van der Waals surface area contributed by atoms with Crippen LogP contribution in [-0.4, -0.2) is 23.0 Å². The van der Waals surface area contributed by atoms with Crippen molar-refractivity contribution in [2.75, 3.05) is 0 Å². The summed E-state index contributed by atoms with van der Waals surface area (Å²) in [7, 11) is 0. The molecular formula is C15H29NO3. The number of hydrogen-bond donors (Lipinski definition) is 2. The van der Waals surface area contributed by atoms with E-state index in [2.05, 4.69) is 12.2 Å². The van der Waals surface area contributed by atoms with Crippen molar-refractivity contribution in [2.45, 2.75) is 84.1 Å². The van der Waals surface area contributed by atoms with Gasteiger partial charge in [0, 0.05) is 18.9 Å². The average Bonchev–Trinajstić information content (AvgIpc) is 2.33. The first-order chi connectivity index (χ1) is 9.06. The average molecular weight is 271 g/mol. The van der Waals surface area contributed by atoms with E-state index in [4.69, 9.17) is 5.11 Å². The van der Waals surface area contributed by atoms with Crippen molar-refractivity contribution in [3.63, 3.8) is 0 Å². The number of carboxylic acids is 1. The standard InChI is InChI=1S/C15H29NO3/c1-3-4-5-6-7-8-11-14(17)16-13(2)10-9-12-15(18)19/h13H,3-12H2,1-2H3,(H,16,17)(H,18,19). The largest absolute Gasteiger partial charge is 0.481 e. The molecule has 1 atom stereocenters. The van der Waals surface area contributed by atoms with Crippen LogP contribution in [0.4, 0.5) is 0 Å². The van der Waals surface area contributed by atoms with E-state index in [9.17, 15) is 9.59 Å². The van der Waals surface area contributed by atoms with Gasteiger partial charge in [-0.15, -0.1) is 0 Å². The van der Waals surface area contributed by atoms with E-state index in [0.717, 1.165) is 19.3 Å². The second-order valence-corrected chi connectivity index (χ2v) is 5.27. The van der Waals surface area contributed by atoms with Gasteiger partial charge in [0.15, 0.2) is 0 Å². The summed E-state index contributed by atoms with van der Waals surface area (Å²) in [6.07, 6.45) is 9.22. The van der Waals surface area contributed by atoms with Crippen LogP contribution in [0.3, 0.4) is 0 Å². The number of aliphatic carboxylic acids is 1. The Morgan fingerprint density at radius 1 is 1.00 bits per heavy atom. The fourth-order valence-electron chi connectivity index (χ4n) is 2.04. The zero-order valence-electron chi connectivity index (χ0n) is 12.4. The lowest BCUT2D eigenvalue weighted by atomic mass is 10.1. The number of rotatable bonds is 12. The molecule has 0 aliphatic heterocycles. The molecule has 0 aromatic rings. The summed E-state index contributed by atoms with van der Waals surface area (Å²) >= 11 is 0. The maximum absolute atomic E-state index is 11.6. The molecule has 0 fully saturated rings. The van der Waals surface area contributed by atoms with Crippen molar-refractivity contribution in [3.05, 3.63) is 0 Å². The third-order valence-corrected chi connectivity index (χ3v) is 3.19. The highest BCUT2D eigenvalue weighted by molar-refractivity contribution is 5.76. The zero-order chi connectivity index (χ0) is 14.5. The molecule has 0 aromatic heterocycles. The van der Waals surface area contributed by atoms with Crippen molar-refractivity contribution in [2.24, 2.45) is 0 Å². The Hall–Kier alpha value is -1.06. The molecule has 0 saturated heterocycles. The Labute approximate surface area is 117 Å². The first kappa shape index (κ1) is 17.9. The minimum atomic E-state index is -0.773. The molecule has 0 bridgehead atoms. The van der Waals surface area contributed by atoms with Crippen LogP contribution in [0, 0.1) is 0 Å². The Balaban J connectivity index is 3.43. The molecule has 0 aliphatic rings. The summed E-state index contributed by atoms with van der Waals surface area (Å²) in [5.74, 6) is -0.677. The van der Waals surface area contributed by atoms with Gasteiger partial charge in [-0.1, -0.05) is 39.0 Å². The van der Waals surface area contributed by atoms with Crippen LogP contribution in [0.25, 0.3) is 0 Å². The molecular weight excluding hydrogens is 242 g/mol. The third-order valence-electron chi connectivity index (χ3n) is 3.19. The van der Waals surface area contributed by atoms with E-state index in [1.165, 1.54) is 25.7 Å². The number of nitrogens with one attached hydrogen (secondary N) is 1. The van der Waals surface area contributed by atoms with E-state index in [0.29, 0.717) is 12.8 Å². The van der Waals surface area contributed by atoms with Crippen LogP contribution in [0.2, 0.25) is 0 Å². The third kappa shape index (κ3) is 13.2. The van der Waals surface area contributed by atoms with Gasteiger partial charge >= 0.3 is 5.97 Å². The minimum Gasteiger partial charge on any atom is -0.481 e. The second-order valence-electron chi connectivity index (χ2n) is 5.27. The Kier molecular flexibility index (Phi) is 11.3. The molecule has 0 radical (unpaired) electrons. The summed E-state index contributed by atoms with van der Waals surface area (Å²) in [6.45, 7) is 4.13. The maximum atomic E-state index is 11.6. The normalized spacial score (nSPS) is 12.1. The van der Waals surface area contributed by atoms with Crippen LogP contribution >= 0.6 is 0 Å². The molecule has 1 unspecified atom stereocenters. The lowest BCUT2D eigenvalue weighted by Gasteiger charge is -2.13. The van der Waals surface area contributed by atoms with E-state index in [1.807, 2.05) is 6.92 Å². The molecule has 0 aromatic carbocycles. The number of hydrogen-bond acceptors (Lipinski definition) is 2. The number of unbranched alkanes of at least 4 members (excludes halogenated alkanes) is 5. The fraction of sp³-hybridized carbons (Fsp3) is 0.867. The highest BCUT2D eigenvalue weighted by Crippen LogP contribution is 2.07. The molecule has 4 heteroatoms. The molecule has 112 valence electrons. The van der Waals surface area contributed by atoms with Crippen molar-refractivity contribution in [1.29, 1.82) is 0 Å². The Bertz CT molecular complexity index is 254. The Morgan fingerprint density at radius 3 is 2.26 bits per heavy atom. The molecule has 0 spiro atoms. The number of carboxylic acid groups (broad SMARTS) is 1. The molecule has 2 N–H and O–H groups in total. The van der Waals surface area contributed by atoms with Gasteiger partial charge < -0.3 is 10.4 Å². The summed E-state index contributed by atoms with van der Waals surface area (Å²) in [5.41, 5.74) is 0. The molecule has 0 rings (SSSR count). The lowest BCUT2D eigenvalue weighted by molar-refractivity contribution is -0.137. The number of amides is 1. The maximum Gasteiger partial charge on any atom is 0.303 e. The number of carbonyl (C=O) groups is 2. The van der Waals surface area contributed by atoms with Gasteiger partial charge in [0.25, 0.3) is 0 Å². The summed E-state index contributed by atoms with van der Waals surface area (Å²) in [4.78, 5) is 22.0. The highest BCUT2D eigenvalue weighted by Gasteiger charge is 2.07. The molecule has 0 heterocycles. The predicted octanol–water partition coefficient (Wildman–Crippen LogP) is 3.50. The lowest BCUT2D eigenvalue weighted by Crippen LogP contribution is -2.32. The molecule has 0 aliphatic carbocycles. The van der Waals surface area contributed by atoms with Crippen molar-refractivity contribution in [3.8, 4) is 0 Å². The van der Waals surface area contributed by atoms with E-state index in [1.54, 1.807) is 0 Å². The highest BCUT2D eigenvalue weighted by atomic mass is 16.4. The van der Waals surface area contributed by atoms with E-state index >= 15 is 0 Å². The quantitative estimate of drug-likeness (QED) is 0.534. The summed E-state index contributed by atoms with van der Waals surface area (Å²) in [6, 6.07) is 0.0759. The van der Waals surface area contributed by atoms with E-state index < -0.39 is 5.97 Å². The van der Waals surface area contributed by atoms with Crippen LogP contribution in [0.1, 0.15) is 78.1 Å². The molecule has 1 amide bonds. The van der Waals surface area contributed by atoms with Gasteiger partial charge in [-0.25, -0.2) is 0 Å². The van der Waals surface area contributed by atoms with Crippen LogP contribution in [-0.2, 0) is 9.59 Å². The van der Waals surface area contributed by atoms with Crippen LogP contribution in [0.15, 0.2) is 0 Å². The van der Waals surface area contributed by atoms with Crippen molar-refractivity contribution in [1.82, 2.24) is 5.32 Å². The number of carbonyl (C=O) groups excluding carboxylic acids is 1. The molecule has 0 saturated carbocycles. The smallest absolute Gasteiger partial charge is 0.303 e. The topological polar surface area (TPSA) is 66.4 Å². The van der Waals surface area contributed by atoms with Gasteiger partial charge in [-0.2, -0.15) is 0 Å². The van der Waals surface area contributed by atoms with Gasteiger partial charge in [0.05, 0.1) is 0 Å². The monoisotopic (exact) mass is 271 g/mol. The second kappa shape index (κ2) is 12.0. The van der Waals surface area contributed by atoms with Gasteiger partial charge in [-0.05, 0) is 26.2 Å². The molecule has 4 nitrogen and oxygen atoms in total. The molecule has 19 heavy (non-hydrogen) atoms. The predicted molar refractivity (Wildman–Crippen MR) is 77.1 cm³/mol. The first-order valence-electron chi connectivity index (χ1n) is 7.57. The summed E-state index contributed by atoms with van der Waals surface area (Å²) in [5, 5.41) is 11.4. The minimum absolute atomic E-state index is 0.0759. The van der Waals surface area contributed by atoms with Crippen molar-refractivity contribution < 1.29 is 14.7 Å². The summed E-state index contributed by atoms with van der Waals surface area (Å²) < 4.78 is 0. The van der Waals surface area contributed by atoms with Gasteiger partial charge in [0.2, 0.25) is 5.91 Å². The SMILES string of the molecule is CCCCCCCCC(=O)NC(C)CCCC(=O)O. The Morgan fingerprint density at radius 2 is 1.63 bits per heavy atom. The van der Waals surface area contributed by atoms with Crippen LogP contribution in [0.5, 0.6) is 0 Å². The van der Waals surface area contributed by atoms with E-state index in [-0.39, 0.29) is 18.4 Å². The first-order valence-corrected chi connectivity index (χ1v) is 7.57. The van der Waals surface area contributed by atoms with Gasteiger partial charge in [0.1, 0.15) is 0 Å². The van der Waals surface area contributed by atoms with Crippen molar-refractivity contribution >= 4 is 11.9 Å². The zero-order valence-corrected chi connectivity index (χ0v) is 12.4. The fourth-order valence-corrected chi connectivity index (χ4v) is 2.04. The van der Waals surface area contributed by atoms with Gasteiger partial charge in [-0.3, -0.25) is 9.59 Å². The van der Waals surface area contributed by atoms with Crippen LogP contribution < -0.4 is 5.32 Å².